The number of nitrogens with zero attached hydrogens (tertiary/aromatic N) is 3. The molecular formula is C23H20N6O3. The molecule has 32 heavy (non-hydrogen) atoms. The zero-order valence-corrected chi connectivity index (χ0v) is 17.3. The maximum absolute atomic E-state index is 12.8. The predicted octanol–water partition coefficient (Wildman–Crippen LogP) is 3.63. The van der Waals surface area contributed by atoms with Gasteiger partial charge in [-0.3, -0.25) is 19.7 Å². The Bertz CT molecular complexity index is 1310. The van der Waals surface area contributed by atoms with E-state index in [4.69, 9.17) is 4.74 Å². The number of aromatic amines is 1. The first kappa shape index (κ1) is 19.7. The lowest BCUT2D eigenvalue weighted by atomic mass is 10.0. The minimum Gasteiger partial charge on any atom is -0.481 e. The summed E-state index contributed by atoms with van der Waals surface area (Å²) in [7, 11) is 1.53. The first-order valence-corrected chi connectivity index (χ1v) is 10.2. The molecule has 0 spiro atoms. The van der Waals surface area contributed by atoms with Crippen molar-refractivity contribution < 1.29 is 14.3 Å². The van der Waals surface area contributed by atoms with Crippen molar-refractivity contribution in [2.75, 3.05) is 17.7 Å². The molecule has 3 heterocycles. The maximum Gasteiger partial charge on any atom is 0.276 e. The molecule has 0 radical (unpaired) electrons. The van der Waals surface area contributed by atoms with Crippen LogP contribution in [-0.2, 0) is 4.79 Å². The molecule has 0 bridgehead atoms. The summed E-state index contributed by atoms with van der Waals surface area (Å²) >= 11 is 0. The van der Waals surface area contributed by atoms with E-state index in [1.807, 2.05) is 24.3 Å². The number of amides is 2. The molecule has 9 heteroatoms. The molecule has 4 aromatic rings. The van der Waals surface area contributed by atoms with Crippen LogP contribution in [0.1, 0.15) is 23.3 Å². The second-order valence-corrected chi connectivity index (χ2v) is 7.60. The fraction of sp³-hybridized carbons (Fsp3) is 0.174. The van der Waals surface area contributed by atoms with Crippen LogP contribution in [0.25, 0.3) is 22.0 Å². The van der Waals surface area contributed by atoms with Crippen LogP contribution < -0.4 is 15.4 Å². The molecule has 1 aromatic carbocycles. The number of H-pyrrole nitrogens is 1. The maximum atomic E-state index is 12.8. The van der Waals surface area contributed by atoms with Crippen molar-refractivity contribution in [2.24, 2.45) is 5.92 Å². The summed E-state index contributed by atoms with van der Waals surface area (Å²) in [6, 6.07) is 10.9. The number of hydrogen-bond donors (Lipinski definition) is 3. The molecule has 2 amide bonds. The lowest BCUT2D eigenvalue weighted by molar-refractivity contribution is -0.117. The SMILES string of the molecule is COc1ccc(NC(=O)c2n[nH]c3ccc(-c4cncc(NC(=O)C5CC5)c4)cc23)cn1. The zero-order chi connectivity index (χ0) is 22.1. The number of aromatic nitrogens is 4. The summed E-state index contributed by atoms with van der Waals surface area (Å²) in [4.78, 5) is 33.2. The van der Waals surface area contributed by atoms with Crippen LogP contribution in [0.5, 0.6) is 5.88 Å². The molecule has 0 atom stereocenters. The molecule has 160 valence electrons. The number of carbonyl (C=O) groups is 2. The van der Waals surface area contributed by atoms with Gasteiger partial charge in [-0.25, -0.2) is 4.98 Å². The minimum atomic E-state index is -0.357. The number of methoxy groups -OCH3 is 1. The molecule has 1 aliphatic carbocycles. The Morgan fingerprint density at radius 3 is 2.62 bits per heavy atom. The minimum absolute atomic E-state index is 0.0289. The Kier molecular flexibility index (Phi) is 4.98. The fourth-order valence-corrected chi connectivity index (χ4v) is 3.39. The van der Waals surface area contributed by atoms with Gasteiger partial charge in [0, 0.05) is 29.1 Å². The number of carbonyl (C=O) groups excluding carboxylic acids is 2. The monoisotopic (exact) mass is 428 g/mol. The van der Waals surface area contributed by atoms with Crippen molar-refractivity contribution in [3.8, 4) is 17.0 Å². The van der Waals surface area contributed by atoms with E-state index in [0.717, 1.165) is 29.5 Å². The van der Waals surface area contributed by atoms with Crippen molar-refractivity contribution in [1.29, 1.82) is 0 Å². The largest absolute Gasteiger partial charge is 0.481 e. The van der Waals surface area contributed by atoms with Crippen molar-refractivity contribution >= 4 is 34.1 Å². The number of hydrogen-bond acceptors (Lipinski definition) is 6. The summed E-state index contributed by atoms with van der Waals surface area (Å²) in [5, 5.41) is 13.5. The topological polar surface area (TPSA) is 122 Å². The molecule has 1 aliphatic rings. The van der Waals surface area contributed by atoms with Crippen molar-refractivity contribution in [1.82, 2.24) is 20.2 Å². The van der Waals surface area contributed by atoms with E-state index in [-0.39, 0.29) is 23.4 Å². The highest BCUT2D eigenvalue weighted by molar-refractivity contribution is 6.11. The van der Waals surface area contributed by atoms with Crippen LogP contribution in [0, 0.1) is 5.92 Å². The summed E-state index contributed by atoms with van der Waals surface area (Å²) in [5.41, 5.74) is 3.87. The Labute approximate surface area is 183 Å². The third-order valence-electron chi connectivity index (χ3n) is 5.27. The van der Waals surface area contributed by atoms with Crippen molar-refractivity contribution in [2.45, 2.75) is 12.8 Å². The molecular weight excluding hydrogens is 408 g/mol. The van der Waals surface area contributed by atoms with Gasteiger partial charge in [0.1, 0.15) is 0 Å². The van der Waals surface area contributed by atoms with Crippen LogP contribution in [0.4, 0.5) is 11.4 Å². The van der Waals surface area contributed by atoms with Crippen molar-refractivity contribution in [3.63, 3.8) is 0 Å². The molecule has 0 saturated heterocycles. The van der Waals surface area contributed by atoms with E-state index in [0.29, 0.717) is 22.6 Å². The van der Waals surface area contributed by atoms with Crippen LogP contribution in [0.2, 0.25) is 0 Å². The van der Waals surface area contributed by atoms with Gasteiger partial charge < -0.3 is 15.4 Å². The van der Waals surface area contributed by atoms with E-state index < -0.39 is 0 Å². The summed E-state index contributed by atoms with van der Waals surface area (Å²) in [6.45, 7) is 0. The standard InChI is InChI=1S/C23H20N6O3/c1-32-20-7-5-16(12-25-20)26-23(31)21-18-9-14(4-6-19(18)28-29-21)15-8-17(11-24-10-15)27-22(30)13-2-3-13/h4-13H,2-3H2,1H3,(H,26,31)(H,27,30)(H,28,29). The first-order chi connectivity index (χ1) is 15.6. The van der Waals surface area contributed by atoms with Gasteiger partial charge in [0.05, 0.1) is 36.4 Å². The van der Waals surface area contributed by atoms with Crippen LogP contribution >= 0.6 is 0 Å². The van der Waals surface area contributed by atoms with Crippen molar-refractivity contribution in [3.05, 3.63) is 60.7 Å². The highest BCUT2D eigenvalue weighted by atomic mass is 16.5. The summed E-state index contributed by atoms with van der Waals surface area (Å²) in [6.07, 6.45) is 6.74. The molecule has 3 N–H and O–H groups in total. The second kappa shape index (κ2) is 8.10. The lowest BCUT2D eigenvalue weighted by Crippen LogP contribution is -2.13. The second-order valence-electron chi connectivity index (χ2n) is 7.60. The van der Waals surface area contributed by atoms with Crippen LogP contribution in [-0.4, -0.2) is 39.1 Å². The van der Waals surface area contributed by atoms with Gasteiger partial charge in [0.2, 0.25) is 11.8 Å². The molecule has 3 aromatic heterocycles. The molecule has 5 rings (SSSR count). The van der Waals surface area contributed by atoms with Crippen LogP contribution in [0.3, 0.4) is 0 Å². The highest BCUT2D eigenvalue weighted by Crippen LogP contribution is 2.31. The van der Waals surface area contributed by atoms with Crippen LogP contribution in [0.15, 0.2) is 55.0 Å². The summed E-state index contributed by atoms with van der Waals surface area (Å²) in [5.74, 6) is 0.245. The quantitative estimate of drug-likeness (QED) is 0.431. The normalized spacial score (nSPS) is 13.0. The molecule has 1 saturated carbocycles. The van der Waals surface area contributed by atoms with Gasteiger partial charge in [-0.1, -0.05) is 6.07 Å². The number of anilines is 2. The molecule has 9 nitrogen and oxygen atoms in total. The van der Waals surface area contributed by atoms with E-state index in [1.165, 1.54) is 13.3 Å². The highest BCUT2D eigenvalue weighted by Gasteiger charge is 2.29. The van der Waals surface area contributed by atoms with Gasteiger partial charge in [0.25, 0.3) is 5.91 Å². The Balaban J connectivity index is 1.41. The van der Waals surface area contributed by atoms with E-state index in [1.54, 1.807) is 24.5 Å². The number of nitrogens with one attached hydrogen (secondary N) is 3. The van der Waals surface area contributed by atoms with Gasteiger partial charge in [-0.05, 0) is 42.7 Å². The summed E-state index contributed by atoms with van der Waals surface area (Å²) < 4.78 is 5.03. The van der Waals surface area contributed by atoms with E-state index in [2.05, 4.69) is 30.8 Å². The van der Waals surface area contributed by atoms with E-state index >= 15 is 0 Å². The number of pyridine rings is 2. The third-order valence-corrected chi connectivity index (χ3v) is 5.27. The number of ether oxygens (including phenoxy) is 1. The Hall–Kier alpha value is -4.27. The Morgan fingerprint density at radius 1 is 1.00 bits per heavy atom. The zero-order valence-electron chi connectivity index (χ0n) is 17.3. The third kappa shape index (κ3) is 4.00. The van der Waals surface area contributed by atoms with Gasteiger partial charge in [0.15, 0.2) is 5.69 Å². The van der Waals surface area contributed by atoms with Gasteiger partial charge in [-0.2, -0.15) is 5.10 Å². The average Bonchev–Trinajstić information content (AvgIpc) is 3.59. The first-order valence-electron chi connectivity index (χ1n) is 10.2. The fourth-order valence-electron chi connectivity index (χ4n) is 3.39. The number of fused-ring (bicyclic) bond motifs is 1. The number of rotatable bonds is 6. The van der Waals surface area contributed by atoms with Gasteiger partial charge in [-0.15, -0.1) is 0 Å². The predicted molar refractivity (Wildman–Crippen MR) is 119 cm³/mol. The average molecular weight is 428 g/mol. The Morgan fingerprint density at radius 2 is 1.88 bits per heavy atom. The smallest absolute Gasteiger partial charge is 0.276 e. The molecule has 0 unspecified atom stereocenters. The van der Waals surface area contributed by atoms with Gasteiger partial charge >= 0.3 is 0 Å². The lowest BCUT2D eigenvalue weighted by Gasteiger charge is -2.07. The molecule has 1 fully saturated rings. The molecule has 0 aliphatic heterocycles. The van der Waals surface area contributed by atoms with E-state index in [9.17, 15) is 9.59 Å². The number of benzene rings is 1.